The number of aromatic amines is 1. The molecule has 110 valence electrons. The van der Waals surface area contributed by atoms with Gasteiger partial charge in [-0.15, -0.1) is 0 Å². The summed E-state index contributed by atoms with van der Waals surface area (Å²) in [6, 6.07) is 13.7. The van der Waals surface area contributed by atoms with Crippen LogP contribution in [0.5, 0.6) is 0 Å². The molecule has 6 heteroatoms. The summed E-state index contributed by atoms with van der Waals surface area (Å²) < 4.78 is 0. The Morgan fingerprint density at radius 2 is 1.86 bits per heavy atom. The fourth-order valence-corrected chi connectivity index (χ4v) is 2.82. The number of aromatic carboxylic acids is 1. The van der Waals surface area contributed by atoms with Crippen LogP contribution in [0.25, 0.3) is 11.0 Å². The molecule has 2 N–H and O–H groups in total. The van der Waals surface area contributed by atoms with E-state index in [0.717, 1.165) is 11.0 Å². The van der Waals surface area contributed by atoms with Crippen molar-refractivity contribution in [2.24, 2.45) is 0 Å². The average Bonchev–Trinajstić information content (AvgIpc) is 2.95. The lowest BCUT2D eigenvalue weighted by atomic mass is 10.1. The summed E-state index contributed by atoms with van der Waals surface area (Å²) in [6.45, 7) is 0. The molecule has 5 nitrogen and oxygen atoms in total. The minimum Gasteiger partial charge on any atom is -0.478 e. The fourth-order valence-electron chi connectivity index (χ4n) is 2.04. The summed E-state index contributed by atoms with van der Waals surface area (Å²) in [6.07, 6.45) is 0. The molecular formula is C16H12N2O3S. The number of para-hydroxylation sites is 2. The maximum absolute atomic E-state index is 12.2. The Morgan fingerprint density at radius 3 is 2.64 bits per heavy atom. The number of rotatable bonds is 5. The number of carboxylic acid groups (broad SMARTS) is 1. The Labute approximate surface area is 130 Å². The quantitative estimate of drug-likeness (QED) is 0.558. The number of carbonyl (C=O) groups is 2. The number of Topliss-reactive ketones (excluding diaryl/α,β-unsaturated/α-hetero) is 1. The number of hydrogen-bond acceptors (Lipinski definition) is 4. The van der Waals surface area contributed by atoms with Crippen LogP contribution in [0, 0.1) is 0 Å². The van der Waals surface area contributed by atoms with Gasteiger partial charge in [0.2, 0.25) is 0 Å². The molecule has 1 aromatic heterocycles. The first-order valence-electron chi connectivity index (χ1n) is 6.57. The Morgan fingerprint density at radius 1 is 1.09 bits per heavy atom. The summed E-state index contributed by atoms with van der Waals surface area (Å²) >= 11 is 1.30. The molecule has 0 unspecified atom stereocenters. The van der Waals surface area contributed by atoms with Crippen molar-refractivity contribution in [3.8, 4) is 0 Å². The summed E-state index contributed by atoms with van der Waals surface area (Å²) in [5.74, 6) is -0.976. The third kappa shape index (κ3) is 3.01. The van der Waals surface area contributed by atoms with Crippen LogP contribution in [-0.4, -0.2) is 32.6 Å². The van der Waals surface area contributed by atoms with Gasteiger partial charge in [-0.1, -0.05) is 36.0 Å². The smallest absolute Gasteiger partial charge is 0.335 e. The molecule has 2 aromatic carbocycles. The molecule has 0 bridgehead atoms. The molecule has 0 radical (unpaired) electrons. The van der Waals surface area contributed by atoms with Crippen molar-refractivity contribution in [1.29, 1.82) is 0 Å². The van der Waals surface area contributed by atoms with E-state index in [1.54, 1.807) is 12.1 Å². The lowest BCUT2D eigenvalue weighted by molar-refractivity contribution is 0.0697. The average molecular weight is 312 g/mol. The number of benzene rings is 2. The van der Waals surface area contributed by atoms with Crippen molar-refractivity contribution in [2.75, 3.05) is 5.75 Å². The molecule has 0 atom stereocenters. The van der Waals surface area contributed by atoms with Gasteiger partial charge in [0.05, 0.1) is 22.3 Å². The van der Waals surface area contributed by atoms with Gasteiger partial charge in [0.15, 0.2) is 10.9 Å². The van der Waals surface area contributed by atoms with Crippen molar-refractivity contribution in [2.45, 2.75) is 5.16 Å². The summed E-state index contributed by atoms with van der Waals surface area (Å²) in [7, 11) is 0. The van der Waals surface area contributed by atoms with Crippen molar-refractivity contribution in [1.82, 2.24) is 9.97 Å². The van der Waals surface area contributed by atoms with Crippen molar-refractivity contribution < 1.29 is 14.7 Å². The molecule has 0 saturated carbocycles. The topological polar surface area (TPSA) is 83.0 Å². The van der Waals surface area contributed by atoms with Crippen LogP contribution in [-0.2, 0) is 0 Å². The van der Waals surface area contributed by atoms with Gasteiger partial charge in [0.25, 0.3) is 0 Å². The molecule has 0 spiro atoms. The van der Waals surface area contributed by atoms with E-state index < -0.39 is 5.97 Å². The van der Waals surface area contributed by atoms with Gasteiger partial charge in [-0.2, -0.15) is 0 Å². The second-order valence-corrected chi connectivity index (χ2v) is 5.62. The van der Waals surface area contributed by atoms with Crippen molar-refractivity contribution >= 4 is 34.5 Å². The number of carboxylic acids is 1. The minimum absolute atomic E-state index is 0.111. The molecule has 3 aromatic rings. The number of fused-ring (bicyclic) bond motifs is 1. The van der Waals surface area contributed by atoms with Crippen LogP contribution in [0.1, 0.15) is 20.7 Å². The first kappa shape index (κ1) is 14.3. The highest BCUT2D eigenvalue weighted by molar-refractivity contribution is 7.99. The number of H-pyrrole nitrogens is 1. The van der Waals surface area contributed by atoms with Gasteiger partial charge in [-0.3, -0.25) is 4.79 Å². The molecule has 3 rings (SSSR count). The van der Waals surface area contributed by atoms with E-state index in [-0.39, 0.29) is 17.1 Å². The fraction of sp³-hybridized carbons (Fsp3) is 0.0625. The van der Waals surface area contributed by atoms with Crippen LogP contribution >= 0.6 is 11.8 Å². The third-order valence-electron chi connectivity index (χ3n) is 3.14. The highest BCUT2D eigenvalue weighted by Gasteiger charge is 2.11. The minimum atomic E-state index is -1.04. The number of nitrogens with zero attached hydrogens (tertiary/aromatic N) is 1. The molecule has 0 saturated heterocycles. The number of hydrogen-bond donors (Lipinski definition) is 2. The largest absolute Gasteiger partial charge is 0.478 e. The van der Waals surface area contributed by atoms with Gasteiger partial charge >= 0.3 is 5.97 Å². The van der Waals surface area contributed by atoms with Crippen LogP contribution < -0.4 is 0 Å². The van der Waals surface area contributed by atoms with Gasteiger partial charge < -0.3 is 10.1 Å². The lowest BCUT2D eigenvalue weighted by Crippen LogP contribution is -2.05. The molecular weight excluding hydrogens is 300 g/mol. The normalized spacial score (nSPS) is 10.7. The number of imidazole rings is 1. The molecule has 0 aliphatic heterocycles. The summed E-state index contributed by atoms with van der Waals surface area (Å²) in [5, 5.41) is 9.62. The molecule has 0 aliphatic rings. The lowest BCUT2D eigenvalue weighted by Gasteiger charge is -2.01. The van der Waals surface area contributed by atoms with Gasteiger partial charge in [0.1, 0.15) is 0 Å². The van der Waals surface area contributed by atoms with E-state index in [4.69, 9.17) is 5.11 Å². The second-order valence-electron chi connectivity index (χ2n) is 4.66. The predicted octanol–water partition coefficient (Wildman–Crippen LogP) is 3.24. The van der Waals surface area contributed by atoms with Crippen LogP contribution in [0.15, 0.2) is 53.7 Å². The second kappa shape index (κ2) is 6.03. The number of aromatic nitrogens is 2. The molecule has 0 amide bonds. The highest BCUT2D eigenvalue weighted by Crippen LogP contribution is 2.20. The molecule has 22 heavy (non-hydrogen) atoms. The zero-order valence-electron chi connectivity index (χ0n) is 11.4. The number of thioether (sulfide) groups is 1. The van der Waals surface area contributed by atoms with E-state index in [1.807, 2.05) is 24.3 Å². The zero-order valence-corrected chi connectivity index (χ0v) is 12.3. The van der Waals surface area contributed by atoms with Crippen LogP contribution in [0.3, 0.4) is 0 Å². The maximum atomic E-state index is 12.2. The van der Waals surface area contributed by atoms with Gasteiger partial charge in [-0.25, -0.2) is 9.78 Å². The van der Waals surface area contributed by atoms with Gasteiger partial charge in [-0.05, 0) is 24.3 Å². The summed E-state index contributed by atoms with van der Waals surface area (Å²) in [5.41, 5.74) is 2.28. The van der Waals surface area contributed by atoms with Crippen LogP contribution in [0.4, 0.5) is 0 Å². The van der Waals surface area contributed by atoms with Crippen molar-refractivity contribution in [3.05, 3.63) is 59.7 Å². The number of carbonyl (C=O) groups excluding carboxylic acids is 1. The monoisotopic (exact) mass is 312 g/mol. The Hall–Kier alpha value is -2.60. The Balaban J connectivity index is 1.71. The zero-order chi connectivity index (χ0) is 15.5. The predicted molar refractivity (Wildman–Crippen MR) is 84.5 cm³/mol. The maximum Gasteiger partial charge on any atom is 0.335 e. The third-order valence-corrected chi connectivity index (χ3v) is 4.01. The number of nitrogens with one attached hydrogen (secondary N) is 1. The Bertz CT molecular complexity index is 824. The molecule has 0 aliphatic carbocycles. The standard InChI is InChI=1S/C16H12N2O3S/c19-14(10-4-3-5-11(8-10)15(20)21)9-22-16-17-12-6-1-2-7-13(12)18-16/h1-8H,9H2,(H,17,18)(H,20,21). The molecule has 0 fully saturated rings. The van der Waals surface area contributed by atoms with Crippen molar-refractivity contribution in [3.63, 3.8) is 0 Å². The van der Waals surface area contributed by atoms with Crippen LogP contribution in [0.2, 0.25) is 0 Å². The first-order chi connectivity index (χ1) is 10.6. The van der Waals surface area contributed by atoms with E-state index in [9.17, 15) is 9.59 Å². The van der Waals surface area contributed by atoms with E-state index in [1.165, 1.54) is 23.9 Å². The number of ketones is 1. The van der Waals surface area contributed by atoms with E-state index in [2.05, 4.69) is 9.97 Å². The van der Waals surface area contributed by atoms with E-state index in [0.29, 0.717) is 10.7 Å². The first-order valence-corrected chi connectivity index (χ1v) is 7.56. The van der Waals surface area contributed by atoms with E-state index >= 15 is 0 Å². The molecule has 1 heterocycles. The Kier molecular flexibility index (Phi) is 3.93. The summed E-state index contributed by atoms with van der Waals surface area (Å²) in [4.78, 5) is 30.6. The SMILES string of the molecule is O=C(O)c1cccc(C(=O)CSc2nc3ccccc3[nH]2)c1. The van der Waals surface area contributed by atoms with Gasteiger partial charge in [0, 0.05) is 5.56 Å². The highest BCUT2D eigenvalue weighted by atomic mass is 32.2.